The fourth-order valence-corrected chi connectivity index (χ4v) is 8.14. The highest BCUT2D eigenvalue weighted by molar-refractivity contribution is 7.39. The molecule has 1 aromatic carbocycles. The Hall–Kier alpha value is -0.240. The zero-order valence-electron chi connectivity index (χ0n) is 32.4. The van der Waals surface area contributed by atoms with Crippen molar-refractivity contribution in [1.82, 2.24) is 0 Å². The molecule has 0 aliphatic heterocycles. The van der Waals surface area contributed by atoms with Crippen molar-refractivity contribution in [3.63, 3.8) is 0 Å². The van der Waals surface area contributed by atoms with Crippen molar-refractivity contribution in [2.75, 3.05) is 19.8 Å². The summed E-state index contributed by atoms with van der Waals surface area (Å²) in [5.74, 6) is 0. The summed E-state index contributed by atoms with van der Waals surface area (Å²) in [6.07, 6.45) is 20.5. The molecule has 288 valence electrons. The van der Waals surface area contributed by atoms with Gasteiger partial charge in [-0.05, 0) is 45.9 Å². The molecule has 0 fully saturated rings. The standard InChI is InChI=1S/C39H74O8P2/c1-9-11-12-13-14-15-16-17-18-19-20-21-22-23-24-25-26-39(47-49(44)45,38(29-40,30-41)31-46-48(42)43)35-33(36(3,4)5)27-32(10-2)28-34(35)37(6,7)8/h27-28,40-45H,9-26,29-31H2,1-8H3. The van der Waals surface area contributed by atoms with Crippen LogP contribution in [0.5, 0.6) is 0 Å². The maximum Gasteiger partial charge on any atom is 0.327 e. The number of aliphatic hydroxyl groups is 2. The molecule has 0 bridgehead atoms. The molecule has 0 aliphatic rings. The van der Waals surface area contributed by atoms with E-state index in [1.54, 1.807) is 0 Å². The molecule has 8 nitrogen and oxygen atoms in total. The van der Waals surface area contributed by atoms with Gasteiger partial charge in [-0.1, -0.05) is 170 Å². The molecular weight excluding hydrogens is 658 g/mol. The average Bonchev–Trinajstić information content (AvgIpc) is 3.03. The summed E-state index contributed by atoms with van der Waals surface area (Å²) in [6.45, 7) is 15.2. The van der Waals surface area contributed by atoms with Crippen molar-refractivity contribution in [2.24, 2.45) is 5.41 Å². The van der Waals surface area contributed by atoms with Crippen LogP contribution in [0.4, 0.5) is 0 Å². The summed E-state index contributed by atoms with van der Waals surface area (Å²) in [7, 11) is -5.78. The predicted octanol–water partition coefficient (Wildman–Crippen LogP) is 10.1. The molecule has 10 heteroatoms. The fraction of sp³-hybridized carbons (Fsp3) is 0.846. The highest BCUT2D eigenvalue weighted by Gasteiger charge is 2.57. The first kappa shape index (κ1) is 46.8. The highest BCUT2D eigenvalue weighted by atomic mass is 31.2. The largest absolute Gasteiger partial charge is 0.395 e. The quantitative estimate of drug-likeness (QED) is 0.0388. The van der Waals surface area contributed by atoms with Crippen molar-refractivity contribution < 1.29 is 38.8 Å². The minimum atomic E-state index is -2.96. The lowest BCUT2D eigenvalue weighted by Gasteiger charge is -2.52. The number of aryl methyl sites for hydroxylation is 1. The van der Waals surface area contributed by atoms with Crippen LogP contribution in [-0.2, 0) is 31.9 Å². The van der Waals surface area contributed by atoms with E-state index in [0.717, 1.165) is 42.4 Å². The molecule has 0 aromatic heterocycles. The fourth-order valence-electron chi connectivity index (χ4n) is 7.12. The monoisotopic (exact) mass is 732 g/mol. The van der Waals surface area contributed by atoms with Crippen molar-refractivity contribution in [3.05, 3.63) is 34.4 Å². The van der Waals surface area contributed by atoms with Crippen molar-refractivity contribution in [2.45, 2.75) is 187 Å². The molecule has 1 rings (SSSR count). The summed E-state index contributed by atoms with van der Waals surface area (Å²) in [5, 5.41) is 22.2. The lowest BCUT2D eigenvalue weighted by molar-refractivity contribution is -0.150. The van der Waals surface area contributed by atoms with E-state index >= 15 is 0 Å². The van der Waals surface area contributed by atoms with Crippen LogP contribution in [0, 0.1) is 5.41 Å². The Kier molecular flexibility index (Phi) is 22.4. The first-order valence-electron chi connectivity index (χ1n) is 19.1. The van der Waals surface area contributed by atoms with E-state index in [1.807, 2.05) is 0 Å². The second-order valence-corrected chi connectivity index (χ2v) is 17.7. The van der Waals surface area contributed by atoms with Gasteiger partial charge in [-0.25, -0.2) is 0 Å². The lowest BCUT2D eigenvalue weighted by atomic mass is 9.60. The predicted molar refractivity (Wildman–Crippen MR) is 205 cm³/mol. The first-order chi connectivity index (χ1) is 23.0. The van der Waals surface area contributed by atoms with Gasteiger partial charge in [0.1, 0.15) is 5.60 Å². The average molecular weight is 733 g/mol. The van der Waals surface area contributed by atoms with E-state index in [2.05, 4.69) is 67.5 Å². The molecular formula is C39H74O8P2. The molecule has 0 saturated carbocycles. The molecule has 0 saturated heterocycles. The van der Waals surface area contributed by atoms with E-state index in [9.17, 15) is 29.8 Å². The SMILES string of the molecule is CCCCCCCCCCCCCCCCCCC(OP(O)O)(c1c(C(C)(C)C)cc(CC)cc1C(C)(C)C)C(CO)(CO)COP(O)O. The van der Waals surface area contributed by atoms with Crippen molar-refractivity contribution in [1.29, 1.82) is 0 Å². The Morgan fingerprint density at radius 1 is 0.571 bits per heavy atom. The second kappa shape index (κ2) is 23.4. The molecule has 1 atom stereocenters. The Morgan fingerprint density at radius 2 is 0.959 bits per heavy atom. The van der Waals surface area contributed by atoms with Gasteiger partial charge in [0.2, 0.25) is 0 Å². The molecule has 0 spiro atoms. The topological polar surface area (TPSA) is 140 Å². The summed E-state index contributed by atoms with van der Waals surface area (Å²) in [4.78, 5) is 40.8. The molecule has 1 aromatic rings. The zero-order valence-corrected chi connectivity index (χ0v) is 34.2. The van der Waals surface area contributed by atoms with Crippen molar-refractivity contribution >= 4 is 17.2 Å². The van der Waals surface area contributed by atoms with Gasteiger partial charge in [0, 0.05) is 0 Å². The molecule has 1 unspecified atom stereocenters. The first-order valence-corrected chi connectivity index (χ1v) is 21.5. The second-order valence-electron chi connectivity index (χ2n) is 16.3. The third-order valence-corrected chi connectivity index (χ3v) is 11.0. The Labute approximate surface area is 302 Å². The smallest absolute Gasteiger partial charge is 0.327 e. The molecule has 49 heavy (non-hydrogen) atoms. The van der Waals surface area contributed by atoms with E-state index < -0.39 is 58.9 Å². The highest BCUT2D eigenvalue weighted by Crippen LogP contribution is 2.58. The van der Waals surface area contributed by atoms with Gasteiger partial charge in [-0.2, -0.15) is 0 Å². The lowest BCUT2D eigenvalue weighted by Crippen LogP contribution is -2.56. The Morgan fingerprint density at radius 3 is 1.27 bits per heavy atom. The summed E-state index contributed by atoms with van der Waals surface area (Å²) in [6, 6.07) is 4.25. The third-order valence-electron chi connectivity index (χ3n) is 10.2. The van der Waals surface area contributed by atoms with Crippen LogP contribution in [0.1, 0.15) is 187 Å². The Balaban J connectivity index is 3.31. The van der Waals surface area contributed by atoms with Crippen LogP contribution >= 0.6 is 17.2 Å². The minimum Gasteiger partial charge on any atom is -0.395 e. The maximum absolute atomic E-state index is 11.1. The van der Waals surface area contributed by atoms with E-state index in [0.29, 0.717) is 12.0 Å². The number of hydrogen-bond acceptors (Lipinski definition) is 8. The number of rotatable bonds is 27. The van der Waals surface area contributed by atoms with Gasteiger partial charge >= 0.3 is 17.2 Å². The molecule has 6 N–H and O–H groups in total. The van der Waals surface area contributed by atoms with E-state index in [-0.39, 0.29) is 6.42 Å². The van der Waals surface area contributed by atoms with E-state index in [4.69, 9.17) is 9.05 Å². The van der Waals surface area contributed by atoms with Crippen LogP contribution in [0.3, 0.4) is 0 Å². The van der Waals surface area contributed by atoms with Gasteiger partial charge in [-0.15, -0.1) is 0 Å². The zero-order chi connectivity index (χ0) is 37.1. The van der Waals surface area contributed by atoms with Crippen LogP contribution in [0.25, 0.3) is 0 Å². The molecule has 0 radical (unpaired) electrons. The summed E-state index contributed by atoms with van der Waals surface area (Å²) < 4.78 is 11.6. The third kappa shape index (κ3) is 15.3. The van der Waals surface area contributed by atoms with E-state index in [1.165, 1.54) is 77.0 Å². The number of hydrogen-bond donors (Lipinski definition) is 6. The maximum atomic E-state index is 11.1. The number of aliphatic hydroxyl groups excluding tert-OH is 2. The number of unbranched alkanes of at least 4 members (excludes halogenated alkanes) is 15. The molecule has 0 heterocycles. The summed E-state index contributed by atoms with van der Waals surface area (Å²) in [5.41, 5.74) is -0.426. The van der Waals surface area contributed by atoms with Crippen LogP contribution in [0.15, 0.2) is 12.1 Å². The van der Waals surface area contributed by atoms with Gasteiger partial charge in [-0.3, -0.25) is 0 Å². The van der Waals surface area contributed by atoms with Gasteiger partial charge in [0.25, 0.3) is 0 Å². The van der Waals surface area contributed by atoms with Gasteiger partial charge < -0.3 is 38.8 Å². The molecule has 0 amide bonds. The Bertz CT molecular complexity index is 982. The minimum absolute atomic E-state index is 0.266. The number of benzene rings is 1. The summed E-state index contributed by atoms with van der Waals surface area (Å²) >= 11 is 0. The molecule has 0 aliphatic carbocycles. The van der Waals surface area contributed by atoms with Gasteiger partial charge in [0.15, 0.2) is 0 Å². The normalized spacial score (nSPS) is 14.3. The van der Waals surface area contributed by atoms with Crippen LogP contribution in [-0.4, -0.2) is 49.6 Å². The van der Waals surface area contributed by atoms with Crippen LogP contribution < -0.4 is 0 Å². The van der Waals surface area contributed by atoms with Gasteiger partial charge in [0.05, 0.1) is 25.2 Å². The van der Waals surface area contributed by atoms with Crippen molar-refractivity contribution in [3.8, 4) is 0 Å². The van der Waals surface area contributed by atoms with Crippen LogP contribution in [0.2, 0.25) is 0 Å².